The van der Waals surface area contributed by atoms with Crippen molar-refractivity contribution in [3.8, 4) is 0 Å². The van der Waals surface area contributed by atoms with Gasteiger partial charge in [-0.25, -0.2) is 4.98 Å². The van der Waals surface area contributed by atoms with Crippen LogP contribution in [0, 0.1) is 13.8 Å². The molecule has 3 nitrogen and oxygen atoms in total. The molecule has 0 saturated heterocycles. The summed E-state index contributed by atoms with van der Waals surface area (Å²) in [5.74, 6) is 0. The molecule has 184 valence electrons. The lowest BCUT2D eigenvalue weighted by Gasteiger charge is -2.13. The smallest absolute Gasteiger partial charge is 0.0864 e. The Morgan fingerprint density at radius 3 is 1.23 bits per heavy atom. The first kappa shape index (κ1) is 26.8. The Kier molecular flexibility index (Phi) is 9.02. The molecular formula is C31H38ClN3. The van der Waals surface area contributed by atoms with Crippen molar-refractivity contribution in [1.29, 1.82) is 0 Å². The molecule has 0 aliphatic rings. The minimum absolute atomic E-state index is 0.639. The van der Waals surface area contributed by atoms with Gasteiger partial charge in [-0.15, -0.1) is 0 Å². The number of benzene rings is 2. The van der Waals surface area contributed by atoms with Crippen LogP contribution in [-0.4, -0.2) is 16.4 Å². The van der Waals surface area contributed by atoms with Crippen molar-refractivity contribution < 1.29 is 0 Å². The largest absolute Gasteiger partial charge is 0.251 e. The van der Waals surface area contributed by atoms with Gasteiger partial charge >= 0.3 is 0 Å². The fraction of sp³-hybridized carbons (Fsp3) is 0.387. The van der Waals surface area contributed by atoms with Gasteiger partial charge in [0.2, 0.25) is 0 Å². The summed E-state index contributed by atoms with van der Waals surface area (Å²) in [6.07, 6.45) is 3.77. The normalized spacial score (nSPS) is 12.4. The summed E-state index contributed by atoms with van der Waals surface area (Å²) in [4.78, 5) is 15.1. The Bertz CT molecular complexity index is 1140. The van der Waals surface area contributed by atoms with E-state index in [1.165, 1.54) is 33.4 Å². The predicted octanol–water partition coefficient (Wildman–Crippen LogP) is 8.88. The Hall–Kier alpha value is -2.78. The molecule has 3 rings (SSSR count). The number of halogens is 1. The highest BCUT2D eigenvalue weighted by Gasteiger charge is 2.13. The van der Waals surface area contributed by atoms with Crippen LogP contribution in [0.2, 0.25) is 5.02 Å². The first-order valence-electron chi connectivity index (χ1n) is 12.7. The third-order valence-electron chi connectivity index (χ3n) is 6.44. The summed E-state index contributed by atoms with van der Waals surface area (Å²) in [5, 5.41) is 0.639. The first-order valence-corrected chi connectivity index (χ1v) is 13.1. The molecule has 0 spiro atoms. The van der Waals surface area contributed by atoms with Gasteiger partial charge in [0.25, 0.3) is 0 Å². The standard InChI is InChI=1S/C31H38ClN3/c1-9-23-13-19(5)14-24(10-2)30(23)33-21(7)28-17-27(32)18-29(35-28)22(8)34-31-25(11-3)15-20(6)16-26(31)12-4/h13-18H,9-12H2,1-8H3. The molecule has 0 N–H and O–H groups in total. The molecule has 0 saturated carbocycles. The van der Waals surface area contributed by atoms with Crippen LogP contribution in [0.25, 0.3) is 0 Å². The second-order valence-corrected chi connectivity index (χ2v) is 9.66. The van der Waals surface area contributed by atoms with E-state index in [4.69, 9.17) is 26.6 Å². The Morgan fingerprint density at radius 2 is 0.943 bits per heavy atom. The van der Waals surface area contributed by atoms with Gasteiger partial charge in [-0.1, -0.05) is 74.7 Å². The Morgan fingerprint density at radius 1 is 0.629 bits per heavy atom. The third kappa shape index (κ3) is 6.27. The van der Waals surface area contributed by atoms with Crippen LogP contribution >= 0.6 is 11.6 Å². The summed E-state index contributed by atoms with van der Waals surface area (Å²) in [6, 6.07) is 12.7. The number of aryl methyl sites for hydroxylation is 6. The molecule has 1 heterocycles. The van der Waals surface area contributed by atoms with Crippen LogP contribution in [0.3, 0.4) is 0 Å². The lowest BCUT2D eigenvalue weighted by atomic mass is 9.99. The molecule has 4 heteroatoms. The number of hydrogen-bond acceptors (Lipinski definition) is 3. The van der Waals surface area contributed by atoms with E-state index in [2.05, 4.69) is 65.8 Å². The van der Waals surface area contributed by atoms with Crippen LogP contribution in [0.15, 0.2) is 46.4 Å². The highest BCUT2D eigenvalue weighted by molar-refractivity contribution is 6.31. The molecule has 3 aromatic rings. The van der Waals surface area contributed by atoms with Crippen molar-refractivity contribution in [2.75, 3.05) is 0 Å². The van der Waals surface area contributed by atoms with Crippen molar-refractivity contribution >= 4 is 34.4 Å². The van der Waals surface area contributed by atoms with E-state index in [9.17, 15) is 0 Å². The minimum Gasteiger partial charge on any atom is -0.251 e. The zero-order valence-corrected chi connectivity index (χ0v) is 23.3. The van der Waals surface area contributed by atoms with Crippen LogP contribution < -0.4 is 0 Å². The lowest BCUT2D eigenvalue weighted by Crippen LogP contribution is -2.06. The first-order chi connectivity index (χ1) is 16.7. The zero-order chi connectivity index (χ0) is 25.7. The second-order valence-electron chi connectivity index (χ2n) is 9.23. The average Bonchev–Trinajstić information content (AvgIpc) is 2.84. The molecule has 0 unspecified atom stereocenters. The van der Waals surface area contributed by atoms with Gasteiger partial charge in [-0.05, 0) is 87.8 Å². The van der Waals surface area contributed by atoms with Crippen molar-refractivity contribution in [3.63, 3.8) is 0 Å². The molecule has 0 bridgehead atoms. The molecule has 0 radical (unpaired) electrons. The molecule has 1 aromatic heterocycles. The fourth-order valence-electron chi connectivity index (χ4n) is 4.55. The topological polar surface area (TPSA) is 37.6 Å². The SMILES string of the molecule is CCc1cc(C)cc(CC)c1N=C(C)c1cc(Cl)cc(C(C)=Nc2c(CC)cc(C)cc2CC)n1. The van der Waals surface area contributed by atoms with E-state index in [0.717, 1.165) is 59.9 Å². The van der Waals surface area contributed by atoms with Gasteiger partial charge < -0.3 is 0 Å². The fourth-order valence-corrected chi connectivity index (χ4v) is 4.76. The van der Waals surface area contributed by atoms with E-state index in [1.54, 1.807) is 0 Å². The molecule has 35 heavy (non-hydrogen) atoms. The highest BCUT2D eigenvalue weighted by atomic mass is 35.5. The predicted molar refractivity (Wildman–Crippen MR) is 153 cm³/mol. The number of pyridine rings is 1. The van der Waals surface area contributed by atoms with Crippen molar-refractivity contribution in [2.45, 2.75) is 81.1 Å². The molecule has 0 fully saturated rings. The van der Waals surface area contributed by atoms with Crippen molar-refractivity contribution in [2.24, 2.45) is 9.98 Å². The van der Waals surface area contributed by atoms with Crippen LogP contribution in [0.5, 0.6) is 0 Å². The van der Waals surface area contributed by atoms with Gasteiger partial charge in [0.1, 0.15) is 0 Å². The Balaban J connectivity index is 2.10. The summed E-state index contributed by atoms with van der Waals surface area (Å²) in [7, 11) is 0. The third-order valence-corrected chi connectivity index (χ3v) is 6.66. The van der Waals surface area contributed by atoms with E-state index < -0.39 is 0 Å². The maximum atomic E-state index is 6.57. The van der Waals surface area contributed by atoms with Gasteiger partial charge in [0.05, 0.1) is 34.2 Å². The van der Waals surface area contributed by atoms with Gasteiger partial charge in [-0.2, -0.15) is 0 Å². The molecule has 0 atom stereocenters. The van der Waals surface area contributed by atoms with Gasteiger partial charge in [0, 0.05) is 5.02 Å². The van der Waals surface area contributed by atoms with E-state index in [-0.39, 0.29) is 0 Å². The summed E-state index contributed by atoms with van der Waals surface area (Å²) in [5.41, 5.74) is 13.0. The van der Waals surface area contributed by atoms with Gasteiger partial charge in [-0.3, -0.25) is 9.98 Å². The molecular weight excluding hydrogens is 450 g/mol. The molecule has 2 aromatic carbocycles. The van der Waals surface area contributed by atoms with Gasteiger partial charge in [0.15, 0.2) is 0 Å². The highest BCUT2D eigenvalue weighted by Crippen LogP contribution is 2.30. The zero-order valence-electron chi connectivity index (χ0n) is 22.5. The van der Waals surface area contributed by atoms with Crippen LogP contribution in [-0.2, 0) is 25.7 Å². The summed E-state index contributed by atoms with van der Waals surface area (Å²) in [6.45, 7) is 17.0. The minimum atomic E-state index is 0.639. The maximum Gasteiger partial charge on any atom is 0.0864 e. The van der Waals surface area contributed by atoms with E-state index in [0.29, 0.717) is 5.02 Å². The van der Waals surface area contributed by atoms with Crippen LogP contribution in [0.1, 0.15) is 86.3 Å². The quantitative estimate of drug-likeness (QED) is 0.292. The lowest BCUT2D eigenvalue weighted by molar-refractivity contribution is 1.07. The summed E-state index contributed by atoms with van der Waals surface area (Å²) >= 11 is 6.57. The number of hydrogen-bond donors (Lipinski definition) is 0. The van der Waals surface area contributed by atoms with Crippen molar-refractivity contribution in [1.82, 2.24) is 4.98 Å². The Labute approximate surface area is 216 Å². The summed E-state index contributed by atoms with van der Waals surface area (Å²) < 4.78 is 0. The average molecular weight is 488 g/mol. The molecule has 0 aliphatic carbocycles. The number of aliphatic imine (C=N–C) groups is 2. The monoisotopic (exact) mass is 487 g/mol. The maximum absolute atomic E-state index is 6.57. The number of nitrogens with zero attached hydrogens (tertiary/aromatic N) is 3. The number of aromatic nitrogens is 1. The van der Waals surface area contributed by atoms with E-state index in [1.807, 2.05) is 26.0 Å². The van der Waals surface area contributed by atoms with E-state index >= 15 is 0 Å². The second kappa shape index (κ2) is 11.8. The van der Waals surface area contributed by atoms with Crippen LogP contribution in [0.4, 0.5) is 11.4 Å². The van der Waals surface area contributed by atoms with Crippen molar-refractivity contribution in [3.05, 3.63) is 86.2 Å². The number of rotatable bonds is 8. The molecule has 0 aliphatic heterocycles. The molecule has 0 amide bonds.